The van der Waals surface area contributed by atoms with Crippen LogP contribution in [0.15, 0.2) is 201 Å². The zero-order valence-electron chi connectivity index (χ0n) is 42.6. The highest BCUT2D eigenvalue weighted by atomic mass is 16.5. The molecule has 0 radical (unpaired) electrons. The molecule has 1 unspecified atom stereocenters. The molecule has 0 saturated carbocycles. The molecule has 1 aliphatic carbocycles. The van der Waals surface area contributed by atoms with Crippen molar-refractivity contribution in [3.63, 3.8) is 0 Å². The van der Waals surface area contributed by atoms with Crippen LogP contribution >= 0.6 is 0 Å². The highest BCUT2D eigenvalue weighted by molar-refractivity contribution is 5.88. The second-order valence-electron chi connectivity index (χ2n) is 17.5. The minimum atomic E-state index is -0.289. The molecule has 0 aromatic heterocycles. The predicted molar refractivity (Wildman–Crippen MR) is 295 cm³/mol. The molecule has 0 heterocycles. The number of benzene rings is 8. The summed E-state index contributed by atoms with van der Waals surface area (Å²) >= 11 is 0. The van der Waals surface area contributed by atoms with Crippen molar-refractivity contribution in [2.24, 2.45) is 0 Å². The van der Waals surface area contributed by atoms with Crippen LogP contribution in [0.5, 0.6) is 34.5 Å². The lowest BCUT2D eigenvalue weighted by Gasteiger charge is -2.29. The van der Waals surface area contributed by atoms with E-state index in [-0.39, 0.29) is 6.23 Å². The monoisotopic (exact) mass is 968 g/mol. The maximum Gasteiger partial charge on any atom is 0.130 e. The van der Waals surface area contributed by atoms with E-state index in [1.165, 1.54) is 22.3 Å². The van der Waals surface area contributed by atoms with Gasteiger partial charge in [-0.2, -0.15) is 0 Å². The maximum atomic E-state index is 6.07. The van der Waals surface area contributed by atoms with Gasteiger partial charge in [-0.3, -0.25) is 0 Å². The van der Waals surface area contributed by atoms with Gasteiger partial charge in [-0.25, -0.2) is 0 Å². The van der Waals surface area contributed by atoms with E-state index < -0.39 is 0 Å². The van der Waals surface area contributed by atoms with Crippen LogP contribution in [0, 0.1) is 0 Å². The van der Waals surface area contributed by atoms with E-state index in [9.17, 15) is 0 Å². The van der Waals surface area contributed by atoms with Crippen LogP contribution in [0.25, 0.3) is 27.8 Å². The molecule has 0 saturated heterocycles. The van der Waals surface area contributed by atoms with Crippen LogP contribution in [-0.2, 0) is 11.2 Å². The number of hydrogen-bond donors (Lipinski definition) is 0. The largest absolute Gasteiger partial charge is 0.497 e. The van der Waals surface area contributed by atoms with Crippen molar-refractivity contribution in [3.05, 3.63) is 245 Å². The van der Waals surface area contributed by atoms with Crippen LogP contribution in [0.3, 0.4) is 0 Å². The third-order valence-electron chi connectivity index (χ3n) is 13.4. The van der Waals surface area contributed by atoms with Crippen molar-refractivity contribution >= 4 is 28.1 Å². The van der Waals surface area contributed by atoms with E-state index in [4.69, 9.17) is 33.2 Å². The first-order valence-electron chi connectivity index (χ1n) is 24.1. The summed E-state index contributed by atoms with van der Waals surface area (Å²) < 4.78 is 39.5. The van der Waals surface area contributed by atoms with Crippen LogP contribution in [0.4, 0.5) is 11.4 Å². The third kappa shape index (κ3) is 11.0. The normalized spacial score (nSPS) is 11.5. The highest BCUT2D eigenvalue weighted by Gasteiger charge is 2.24. The molecule has 368 valence electrons. The molecule has 9 heteroatoms. The Hall–Kier alpha value is -8.66. The molecule has 1 atom stereocenters. The van der Waals surface area contributed by atoms with Crippen molar-refractivity contribution in [1.82, 2.24) is 0 Å². The summed E-state index contributed by atoms with van der Waals surface area (Å²) in [6.07, 6.45) is 7.08. The Balaban J connectivity index is 1.17. The topological polar surface area (TPSA) is 71.1 Å². The molecule has 8 aromatic carbocycles. The Morgan fingerprint density at radius 1 is 0.356 bits per heavy atom. The molecule has 9 rings (SSSR count). The molecular formula is C64H60N2O7. The summed E-state index contributed by atoms with van der Waals surface area (Å²) in [6.45, 7) is 2.07. The molecule has 1 aliphatic rings. The smallest absolute Gasteiger partial charge is 0.130 e. The Morgan fingerprint density at radius 2 is 0.630 bits per heavy atom. The van der Waals surface area contributed by atoms with Crippen LogP contribution in [0.2, 0.25) is 0 Å². The quantitative estimate of drug-likeness (QED) is 0.0737. The summed E-state index contributed by atoms with van der Waals surface area (Å²) in [4.78, 5) is 4.45. The van der Waals surface area contributed by atoms with Gasteiger partial charge >= 0.3 is 0 Å². The van der Waals surface area contributed by atoms with E-state index in [1.807, 2.05) is 72.8 Å². The number of methoxy groups -OCH3 is 7. The second kappa shape index (κ2) is 22.6. The Morgan fingerprint density at radius 3 is 0.918 bits per heavy atom. The molecule has 0 N–H and O–H groups in total. The lowest BCUT2D eigenvalue weighted by Crippen LogP contribution is -2.30. The fourth-order valence-electron chi connectivity index (χ4n) is 9.18. The standard InChI is InChI=1S/C64H60N2O7/c1-43(67-2)66(42-64(48-17-31-58(72-7)32-18-48)49-19-33-59(73-8)34-20-49)53-22-36-61-51(39-53)37-50-38-52(21-35-60(50)61)65(40-62(44-9-23-54(68-3)24-10-44)45-11-25-55(69-4)26-12-45)41-63(46-13-27-56(70-5)28-14-46)47-15-29-57(71-6)30-16-47/h9-36,38-43H,37H2,1-8H3. The van der Waals surface area contributed by atoms with Gasteiger partial charge in [0.15, 0.2) is 0 Å². The molecule has 8 aromatic rings. The van der Waals surface area contributed by atoms with Crippen LogP contribution in [0.1, 0.15) is 51.4 Å². The average molecular weight is 969 g/mol. The zero-order valence-corrected chi connectivity index (χ0v) is 42.6. The molecule has 9 nitrogen and oxygen atoms in total. The fraction of sp³-hybridized carbons (Fsp3) is 0.156. The first kappa shape index (κ1) is 49.3. The Bertz CT molecular complexity index is 2980. The number of fused-ring (bicyclic) bond motifs is 3. The summed E-state index contributed by atoms with van der Waals surface area (Å²) in [6, 6.07) is 62.6. The number of anilines is 2. The molecule has 73 heavy (non-hydrogen) atoms. The number of rotatable bonds is 19. The van der Waals surface area contributed by atoms with Crippen molar-refractivity contribution in [1.29, 1.82) is 0 Å². The highest BCUT2D eigenvalue weighted by Crippen LogP contribution is 2.42. The molecule has 0 amide bonds. The number of ether oxygens (including phenoxy) is 7. The Labute approximate surface area is 429 Å². The third-order valence-corrected chi connectivity index (χ3v) is 13.4. The van der Waals surface area contributed by atoms with Gasteiger partial charge in [0.05, 0.1) is 42.7 Å². The van der Waals surface area contributed by atoms with Gasteiger partial charge in [-0.15, -0.1) is 0 Å². The van der Waals surface area contributed by atoms with Gasteiger partial charge in [0, 0.05) is 53.8 Å². The van der Waals surface area contributed by atoms with Crippen LogP contribution < -0.4 is 38.2 Å². The lowest BCUT2D eigenvalue weighted by atomic mass is 9.96. The van der Waals surface area contributed by atoms with E-state index in [0.29, 0.717) is 0 Å². The summed E-state index contributed by atoms with van der Waals surface area (Å²) in [7, 11) is 11.9. The minimum absolute atomic E-state index is 0.289. The Kier molecular flexibility index (Phi) is 15.3. The molecule has 0 spiro atoms. The molecule has 0 fully saturated rings. The lowest BCUT2D eigenvalue weighted by molar-refractivity contribution is 0.122. The van der Waals surface area contributed by atoms with Crippen molar-refractivity contribution in [2.75, 3.05) is 59.6 Å². The van der Waals surface area contributed by atoms with E-state index in [0.717, 1.165) is 102 Å². The summed E-state index contributed by atoms with van der Waals surface area (Å²) in [5.74, 6) is 4.71. The van der Waals surface area contributed by atoms with E-state index in [2.05, 4.69) is 145 Å². The second-order valence-corrected chi connectivity index (χ2v) is 17.5. The minimum Gasteiger partial charge on any atom is -0.497 e. The van der Waals surface area contributed by atoms with Crippen molar-refractivity contribution in [2.45, 2.75) is 19.6 Å². The summed E-state index contributed by atoms with van der Waals surface area (Å²) in [5, 5.41) is 0. The molecular weight excluding hydrogens is 909 g/mol. The van der Waals surface area contributed by atoms with Crippen molar-refractivity contribution in [3.8, 4) is 45.6 Å². The molecule has 0 aliphatic heterocycles. The first-order valence-corrected chi connectivity index (χ1v) is 24.1. The van der Waals surface area contributed by atoms with Gasteiger partial charge in [0.1, 0.15) is 40.7 Å². The van der Waals surface area contributed by atoms with Gasteiger partial charge in [0.2, 0.25) is 0 Å². The van der Waals surface area contributed by atoms with Gasteiger partial charge in [-0.05, 0) is 166 Å². The fourth-order valence-corrected chi connectivity index (χ4v) is 9.18. The van der Waals surface area contributed by atoms with E-state index in [1.54, 1.807) is 49.8 Å². The van der Waals surface area contributed by atoms with Gasteiger partial charge in [0.25, 0.3) is 0 Å². The van der Waals surface area contributed by atoms with Gasteiger partial charge in [-0.1, -0.05) is 84.9 Å². The van der Waals surface area contributed by atoms with Gasteiger partial charge < -0.3 is 43.0 Å². The molecule has 0 bridgehead atoms. The SMILES string of the molecule is COc1ccc(C(=CN(C=C(c2ccc(OC)cc2)c2ccc(OC)cc2)c2ccc3c(c2)Cc2cc(N(C=C(c4ccc(OC)cc4)c4ccc(OC)cc4)C(C)OC)ccc2-3)c2ccc(OC)cc2)cc1. The zero-order chi connectivity index (χ0) is 50.8. The first-order chi connectivity index (χ1) is 35.7. The predicted octanol–water partition coefficient (Wildman–Crippen LogP) is 14.2. The number of nitrogens with zero attached hydrogens (tertiary/aromatic N) is 2. The van der Waals surface area contributed by atoms with Crippen LogP contribution in [-0.4, -0.2) is 56.0 Å². The van der Waals surface area contributed by atoms with Crippen molar-refractivity contribution < 1.29 is 33.2 Å². The average Bonchev–Trinajstić information content (AvgIpc) is 3.83. The maximum absolute atomic E-state index is 6.07. The number of hydrogen-bond acceptors (Lipinski definition) is 9. The summed E-state index contributed by atoms with van der Waals surface area (Å²) in [5.41, 5.74) is 16.1. The van der Waals surface area contributed by atoms with E-state index >= 15 is 0 Å².